The number of rotatable bonds is 7. The van der Waals surface area contributed by atoms with Crippen molar-refractivity contribution in [2.24, 2.45) is 7.05 Å². The SMILES string of the molecule is Cn1ncc2c1CCCC2NC(=O)COCCOc1ccccc1. The van der Waals surface area contributed by atoms with Crippen LogP contribution in [0.1, 0.15) is 30.1 Å². The summed E-state index contributed by atoms with van der Waals surface area (Å²) in [5.74, 6) is 0.702. The minimum Gasteiger partial charge on any atom is -0.491 e. The van der Waals surface area contributed by atoms with Crippen LogP contribution in [0.15, 0.2) is 36.5 Å². The van der Waals surface area contributed by atoms with E-state index in [0.29, 0.717) is 13.2 Å². The van der Waals surface area contributed by atoms with Crippen LogP contribution in [0, 0.1) is 0 Å². The molecule has 0 saturated heterocycles. The van der Waals surface area contributed by atoms with E-state index in [2.05, 4.69) is 10.4 Å². The Morgan fingerprint density at radius 2 is 2.17 bits per heavy atom. The lowest BCUT2D eigenvalue weighted by molar-refractivity contribution is -0.126. The summed E-state index contributed by atoms with van der Waals surface area (Å²) in [5, 5.41) is 7.33. The number of para-hydroxylation sites is 1. The van der Waals surface area contributed by atoms with E-state index in [4.69, 9.17) is 9.47 Å². The Labute approximate surface area is 141 Å². The predicted molar refractivity (Wildman–Crippen MR) is 89.8 cm³/mol. The summed E-state index contributed by atoms with van der Waals surface area (Å²) in [6.45, 7) is 0.850. The molecule has 0 radical (unpaired) electrons. The maximum atomic E-state index is 12.1. The quantitative estimate of drug-likeness (QED) is 0.789. The van der Waals surface area contributed by atoms with Crippen molar-refractivity contribution in [3.05, 3.63) is 47.8 Å². The van der Waals surface area contributed by atoms with Crippen molar-refractivity contribution in [3.8, 4) is 5.75 Å². The lowest BCUT2D eigenvalue weighted by Crippen LogP contribution is -2.33. The van der Waals surface area contributed by atoms with Crippen LogP contribution >= 0.6 is 0 Å². The Balaban J connectivity index is 1.37. The van der Waals surface area contributed by atoms with Crippen LogP contribution in [0.2, 0.25) is 0 Å². The topological polar surface area (TPSA) is 65.4 Å². The third kappa shape index (κ3) is 4.14. The number of fused-ring (bicyclic) bond motifs is 1. The van der Waals surface area contributed by atoms with Gasteiger partial charge in [-0.2, -0.15) is 5.10 Å². The minimum absolute atomic E-state index is 0.0409. The average molecular weight is 329 g/mol. The molecule has 1 N–H and O–H groups in total. The highest BCUT2D eigenvalue weighted by Gasteiger charge is 2.24. The first kappa shape index (κ1) is 16.5. The first-order valence-electron chi connectivity index (χ1n) is 8.30. The summed E-state index contributed by atoms with van der Waals surface area (Å²) in [6, 6.07) is 9.59. The van der Waals surface area contributed by atoms with Crippen molar-refractivity contribution >= 4 is 5.91 Å². The van der Waals surface area contributed by atoms with Gasteiger partial charge in [0.25, 0.3) is 0 Å². The number of benzene rings is 1. The number of aromatic nitrogens is 2. The Kier molecular flexibility index (Phi) is 5.48. The van der Waals surface area contributed by atoms with Crippen molar-refractivity contribution in [2.75, 3.05) is 19.8 Å². The number of carbonyl (C=O) groups excluding carboxylic acids is 1. The predicted octanol–water partition coefficient (Wildman–Crippen LogP) is 2.01. The van der Waals surface area contributed by atoms with E-state index in [1.807, 2.05) is 48.3 Å². The Bertz CT molecular complexity index is 669. The highest BCUT2D eigenvalue weighted by atomic mass is 16.5. The van der Waals surface area contributed by atoms with Gasteiger partial charge >= 0.3 is 0 Å². The first-order chi connectivity index (χ1) is 11.7. The molecule has 1 amide bonds. The molecule has 3 rings (SSSR count). The molecular weight excluding hydrogens is 306 g/mol. The smallest absolute Gasteiger partial charge is 0.246 e. The van der Waals surface area contributed by atoms with Crippen LogP contribution in [0.4, 0.5) is 0 Å². The van der Waals surface area contributed by atoms with E-state index in [1.54, 1.807) is 0 Å². The van der Waals surface area contributed by atoms with Crippen LogP contribution in [0.5, 0.6) is 5.75 Å². The molecule has 1 aliphatic rings. The van der Waals surface area contributed by atoms with E-state index in [1.165, 1.54) is 5.69 Å². The maximum absolute atomic E-state index is 12.1. The molecule has 1 atom stereocenters. The fraction of sp³-hybridized carbons (Fsp3) is 0.444. The monoisotopic (exact) mass is 329 g/mol. The molecule has 0 aliphatic heterocycles. The molecule has 0 fully saturated rings. The zero-order valence-corrected chi connectivity index (χ0v) is 13.9. The average Bonchev–Trinajstić information content (AvgIpc) is 2.98. The largest absolute Gasteiger partial charge is 0.491 e. The molecule has 6 heteroatoms. The van der Waals surface area contributed by atoms with Gasteiger partial charge in [0.15, 0.2) is 0 Å². The molecule has 1 aromatic heterocycles. The molecule has 1 unspecified atom stereocenters. The Morgan fingerprint density at radius 1 is 1.33 bits per heavy atom. The molecule has 128 valence electrons. The van der Waals surface area contributed by atoms with Crippen LogP contribution in [0.25, 0.3) is 0 Å². The fourth-order valence-electron chi connectivity index (χ4n) is 2.99. The Morgan fingerprint density at radius 3 is 3.00 bits per heavy atom. The molecule has 1 aromatic carbocycles. The number of aryl methyl sites for hydroxylation is 1. The summed E-state index contributed by atoms with van der Waals surface area (Å²) in [6.07, 6.45) is 4.88. The second-order valence-corrected chi connectivity index (χ2v) is 5.90. The van der Waals surface area contributed by atoms with Crippen molar-refractivity contribution in [1.29, 1.82) is 0 Å². The molecular formula is C18H23N3O3. The number of hydrogen-bond acceptors (Lipinski definition) is 4. The molecule has 0 spiro atoms. The summed E-state index contributed by atoms with van der Waals surface area (Å²) in [4.78, 5) is 12.1. The molecule has 0 bridgehead atoms. The van der Waals surface area contributed by atoms with Gasteiger partial charge in [0, 0.05) is 18.3 Å². The summed E-state index contributed by atoms with van der Waals surface area (Å²) < 4.78 is 12.8. The van der Waals surface area contributed by atoms with Crippen molar-refractivity contribution in [3.63, 3.8) is 0 Å². The van der Waals surface area contributed by atoms with E-state index in [-0.39, 0.29) is 18.6 Å². The van der Waals surface area contributed by atoms with Crippen molar-refractivity contribution in [2.45, 2.75) is 25.3 Å². The van der Waals surface area contributed by atoms with E-state index in [0.717, 1.165) is 30.6 Å². The number of amides is 1. The lowest BCUT2D eigenvalue weighted by Gasteiger charge is -2.23. The number of nitrogens with zero attached hydrogens (tertiary/aromatic N) is 2. The van der Waals surface area contributed by atoms with Gasteiger partial charge < -0.3 is 14.8 Å². The van der Waals surface area contributed by atoms with Crippen LogP contribution < -0.4 is 10.1 Å². The number of hydrogen-bond donors (Lipinski definition) is 1. The first-order valence-corrected chi connectivity index (χ1v) is 8.30. The van der Waals surface area contributed by atoms with Gasteiger partial charge in [0.1, 0.15) is 19.0 Å². The normalized spacial score (nSPS) is 16.5. The molecule has 6 nitrogen and oxygen atoms in total. The second-order valence-electron chi connectivity index (χ2n) is 5.90. The van der Waals surface area contributed by atoms with Gasteiger partial charge in [-0.15, -0.1) is 0 Å². The summed E-state index contributed by atoms with van der Waals surface area (Å²) in [7, 11) is 1.94. The molecule has 1 aliphatic carbocycles. The van der Waals surface area contributed by atoms with Gasteiger partial charge in [-0.25, -0.2) is 0 Å². The third-order valence-electron chi connectivity index (χ3n) is 4.18. The maximum Gasteiger partial charge on any atom is 0.246 e. The Hall–Kier alpha value is -2.34. The molecule has 0 saturated carbocycles. The van der Waals surface area contributed by atoms with Gasteiger partial charge in [-0.3, -0.25) is 9.48 Å². The lowest BCUT2D eigenvalue weighted by atomic mass is 9.93. The highest BCUT2D eigenvalue weighted by molar-refractivity contribution is 5.77. The van der Waals surface area contributed by atoms with Crippen LogP contribution in [-0.2, 0) is 23.0 Å². The number of carbonyl (C=O) groups is 1. The van der Waals surface area contributed by atoms with Gasteiger partial charge in [0.2, 0.25) is 5.91 Å². The zero-order valence-electron chi connectivity index (χ0n) is 13.9. The van der Waals surface area contributed by atoms with Crippen LogP contribution in [-0.4, -0.2) is 35.5 Å². The molecule has 1 heterocycles. The fourth-order valence-corrected chi connectivity index (χ4v) is 2.99. The van der Waals surface area contributed by atoms with E-state index in [9.17, 15) is 4.79 Å². The number of nitrogens with one attached hydrogen (secondary N) is 1. The van der Waals surface area contributed by atoms with Crippen molar-refractivity contribution < 1.29 is 14.3 Å². The third-order valence-corrected chi connectivity index (χ3v) is 4.18. The summed E-state index contributed by atoms with van der Waals surface area (Å²) in [5.41, 5.74) is 2.34. The molecule has 2 aromatic rings. The molecule has 24 heavy (non-hydrogen) atoms. The van der Waals surface area contributed by atoms with Crippen LogP contribution in [0.3, 0.4) is 0 Å². The standard InChI is InChI=1S/C18H23N3O3/c1-21-17-9-5-8-16(15(17)12-19-21)20-18(22)13-23-10-11-24-14-6-3-2-4-7-14/h2-4,6-7,12,16H,5,8-11,13H2,1H3,(H,20,22). The van der Waals surface area contributed by atoms with Gasteiger partial charge in [-0.05, 0) is 31.4 Å². The highest BCUT2D eigenvalue weighted by Crippen LogP contribution is 2.28. The number of ether oxygens (including phenoxy) is 2. The van der Waals surface area contributed by atoms with Gasteiger partial charge in [0.05, 0.1) is 18.8 Å². The zero-order chi connectivity index (χ0) is 16.8. The van der Waals surface area contributed by atoms with Crippen molar-refractivity contribution in [1.82, 2.24) is 15.1 Å². The van der Waals surface area contributed by atoms with Gasteiger partial charge in [-0.1, -0.05) is 18.2 Å². The minimum atomic E-state index is -0.101. The summed E-state index contributed by atoms with van der Waals surface area (Å²) >= 11 is 0. The van der Waals surface area contributed by atoms with E-state index >= 15 is 0 Å². The van der Waals surface area contributed by atoms with E-state index < -0.39 is 0 Å². The second kappa shape index (κ2) is 7.97.